The van der Waals surface area contributed by atoms with Crippen LogP contribution in [0.4, 0.5) is 23.2 Å². The summed E-state index contributed by atoms with van der Waals surface area (Å²) in [6.45, 7) is 2.15. The zero-order chi connectivity index (χ0) is 28.8. The molecule has 0 aliphatic carbocycles. The Kier molecular flexibility index (Phi) is 7.25. The number of amides is 3. The summed E-state index contributed by atoms with van der Waals surface area (Å²) in [4.78, 5) is 40.8. The number of nitrogens with zero attached hydrogens (tertiary/aromatic N) is 2. The predicted octanol–water partition coefficient (Wildman–Crippen LogP) is 4.49. The lowest BCUT2D eigenvalue weighted by Gasteiger charge is -2.30. The first-order chi connectivity index (χ1) is 18.1. The van der Waals surface area contributed by atoms with Gasteiger partial charge in [0.25, 0.3) is 5.91 Å². The van der Waals surface area contributed by atoms with E-state index in [1.54, 1.807) is 18.2 Å². The van der Waals surface area contributed by atoms with E-state index in [0.717, 1.165) is 23.1 Å². The average molecular weight is 567 g/mol. The maximum absolute atomic E-state index is 14.8. The minimum Gasteiger partial charge on any atom is -0.406 e. The molecule has 1 fully saturated rings. The molecule has 2 heterocycles. The molecule has 8 nitrogen and oxygen atoms in total. The number of nitrogens with one attached hydrogen (secondary N) is 2. The molecule has 0 saturated carbocycles. The molecule has 0 bridgehead atoms. The molecule has 3 atom stereocenters. The first kappa shape index (κ1) is 28.2. The summed E-state index contributed by atoms with van der Waals surface area (Å²) in [5.74, 6) is -2.85. The number of benzene rings is 2. The van der Waals surface area contributed by atoms with Crippen LogP contribution in [-0.4, -0.2) is 53.3 Å². The van der Waals surface area contributed by atoms with Gasteiger partial charge in [0.2, 0.25) is 11.8 Å². The van der Waals surface area contributed by atoms with Crippen LogP contribution >= 0.6 is 11.6 Å². The van der Waals surface area contributed by atoms with Gasteiger partial charge in [-0.2, -0.15) is 5.26 Å². The van der Waals surface area contributed by atoms with Crippen LogP contribution in [0.5, 0.6) is 5.75 Å². The highest BCUT2D eigenvalue weighted by atomic mass is 35.5. The van der Waals surface area contributed by atoms with Crippen LogP contribution in [0.1, 0.15) is 42.6 Å². The van der Waals surface area contributed by atoms with Gasteiger partial charge in [-0.05, 0) is 55.8 Å². The van der Waals surface area contributed by atoms with E-state index in [1.807, 2.05) is 6.07 Å². The summed E-state index contributed by atoms with van der Waals surface area (Å²) in [6, 6.07) is 8.38. The van der Waals surface area contributed by atoms with Crippen molar-refractivity contribution in [2.45, 2.75) is 56.2 Å². The largest absolute Gasteiger partial charge is 0.573 e. The van der Waals surface area contributed by atoms with Gasteiger partial charge in [-0.3, -0.25) is 14.4 Å². The number of alkyl halides is 4. The molecule has 2 aromatic carbocycles. The van der Waals surface area contributed by atoms with Crippen molar-refractivity contribution >= 4 is 35.0 Å². The molecule has 1 saturated heterocycles. The normalized spacial score (nSPS) is 21.2. The SMILES string of the molecule is CC(C)(F)C[C@H](NC(=O)c1cccc(OC(F)(F)F)c1)C(=O)N1C[C@]2(C[C@H]1C#N)C(=O)Nc1ccc(Cl)cc12. The van der Waals surface area contributed by atoms with E-state index in [1.165, 1.54) is 19.9 Å². The van der Waals surface area contributed by atoms with Crippen molar-refractivity contribution < 1.29 is 36.7 Å². The van der Waals surface area contributed by atoms with Crippen molar-refractivity contribution in [3.8, 4) is 11.8 Å². The molecule has 39 heavy (non-hydrogen) atoms. The number of carbonyl (C=O) groups excluding carboxylic acids is 3. The third-order valence-electron chi connectivity index (χ3n) is 6.59. The predicted molar refractivity (Wildman–Crippen MR) is 132 cm³/mol. The van der Waals surface area contributed by atoms with Crippen LogP contribution in [0.15, 0.2) is 42.5 Å². The number of fused-ring (bicyclic) bond motifs is 2. The first-order valence-corrected chi connectivity index (χ1v) is 12.2. The Hall–Kier alpha value is -3.85. The molecule has 0 radical (unpaired) electrons. The fourth-order valence-electron chi connectivity index (χ4n) is 4.96. The molecule has 0 aromatic heterocycles. The Morgan fingerprint density at radius 2 is 1.97 bits per heavy atom. The van der Waals surface area contributed by atoms with E-state index < -0.39 is 59.4 Å². The molecule has 2 aliphatic rings. The monoisotopic (exact) mass is 566 g/mol. The number of likely N-dealkylation sites (tertiary alicyclic amines) is 1. The van der Waals surface area contributed by atoms with Crippen molar-refractivity contribution in [1.29, 1.82) is 5.26 Å². The van der Waals surface area contributed by atoms with Crippen LogP contribution in [-0.2, 0) is 15.0 Å². The molecule has 4 rings (SSSR count). The molecule has 2 aliphatic heterocycles. The molecule has 13 heteroatoms. The summed E-state index contributed by atoms with van der Waals surface area (Å²) in [5, 5.41) is 15.3. The van der Waals surface area contributed by atoms with E-state index in [2.05, 4.69) is 15.4 Å². The third kappa shape index (κ3) is 5.93. The Morgan fingerprint density at radius 3 is 2.62 bits per heavy atom. The van der Waals surface area contributed by atoms with Crippen molar-refractivity contribution in [3.63, 3.8) is 0 Å². The zero-order valence-corrected chi connectivity index (χ0v) is 21.5. The number of nitriles is 1. The number of carbonyl (C=O) groups is 3. The Bertz CT molecular complexity index is 1370. The van der Waals surface area contributed by atoms with Gasteiger partial charge in [-0.15, -0.1) is 13.2 Å². The lowest BCUT2D eigenvalue weighted by molar-refractivity contribution is -0.274. The van der Waals surface area contributed by atoms with Gasteiger partial charge >= 0.3 is 6.36 Å². The van der Waals surface area contributed by atoms with Crippen molar-refractivity contribution in [2.24, 2.45) is 0 Å². The summed E-state index contributed by atoms with van der Waals surface area (Å²) in [6.07, 6.45) is -5.54. The number of ether oxygens (including phenoxy) is 1. The standard InChI is InChI=1S/C26H23ClF4N4O4/c1-24(2,28)11-20(33-21(36)14-4-3-5-17(8-14)39-26(29,30)31)22(37)35-13-25(10-16(35)12-32)18-9-15(27)6-7-19(18)34-23(25)38/h3-9,16,20H,10-11,13H2,1-2H3,(H,33,36)(H,34,38)/t16-,20-,25-/m0/s1. The average Bonchev–Trinajstić information content (AvgIpc) is 3.35. The summed E-state index contributed by atoms with van der Waals surface area (Å²) < 4.78 is 56.4. The topological polar surface area (TPSA) is 112 Å². The molecular weight excluding hydrogens is 544 g/mol. The molecule has 2 N–H and O–H groups in total. The molecule has 0 unspecified atom stereocenters. The minimum absolute atomic E-state index is 0.0507. The first-order valence-electron chi connectivity index (χ1n) is 11.8. The van der Waals surface area contributed by atoms with Gasteiger partial charge in [-0.1, -0.05) is 17.7 Å². The number of hydrogen-bond acceptors (Lipinski definition) is 5. The highest BCUT2D eigenvalue weighted by Gasteiger charge is 2.56. The Morgan fingerprint density at radius 1 is 1.26 bits per heavy atom. The second-order valence-corrected chi connectivity index (χ2v) is 10.5. The molecule has 3 amide bonds. The third-order valence-corrected chi connectivity index (χ3v) is 6.83. The fraction of sp³-hybridized carbons (Fsp3) is 0.385. The minimum atomic E-state index is -4.99. The zero-order valence-electron chi connectivity index (χ0n) is 20.7. The van der Waals surface area contributed by atoms with E-state index in [9.17, 15) is 37.2 Å². The molecule has 2 aromatic rings. The summed E-state index contributed by atoms with van der Waals surface area (Å²) in [5.41, 5.74) is -2.49. The number of hydrogen-bond donors (Lipinski definition) is 2. The lowest BCUT2D eigenvalue weighted by Crippen LogP contribution is -2.52. The van der Waals surface area contributed by atoms with Crippen LogP contribution in [0.2, 0.25) is 5.02 Å². The van der Waals surface area contributed by atoms with Gasteiger partial charge in [0.05, 0.1) is 11.5 Å². The van der Waals surface area contributed by atoms with E-state index in [0.29, 0.717) is 16.3 Å². The number of halogens is 5. The Balaban J connectivity index is 1.62. The van der Waals surface area contributed by atoms with Crippen molar-refractivity contribution in [3.05, 3.63) is 58.6 Å². The fourth-order valence-corrected chi connectivity index (χ4v) is 5.13. The maximum Gasteiger partial charge on any atom is 0.573 e. The van der Waals surface area contributed by atoms with Crippen LogP contribution in [0.25, 0.3) is 0 Å². The van der Waals surface area contributed by atoms with Crippen LogP contribution in [0.3, 0.4) is 0 Å². The lowest BCUT2D eigenvalue weighted by atomic mass is 9.80. The van der Waals surface area contributed by atoms with Gasteiger partial charge in [-0.25, -0.2) is 4.39 Å². The number of rotatable bonds is 6. The van der Waals surface area contributed by atoms with E-state index >= 15 is 0 Å². The van der Waals surface area contributed by atoms with Gasteiger partial charge in [0.15, 0.2) is 0 Å². The second kappa shape index (κ2) is 10.0. The van der Waals surface area contributed by atoms with E-state index in [-0.39, 0.29) is 18.5 Å². The molecular formula is C26H23ClF4N4O4. The highest BCUT2D eigenvalue weighted by Crippen LogP contribution is 2.47. The van der Waals surface area contributed by atoms with Crippen LogP contribution < -0.4 is 15.4 Å². The summed E-state index contributed by atoms with van der Waals surface area (Å²) in [7, 11) is 0. The number of anilines is 1. The van der Waals surface area contributed by atoms with Gasteiger partial charge in [0, 0.05) is 35.7 Å². The van der Waals surface area contributed by atoms with Gasteiger partial charge in [0.1, 0.15) is 23.5 Å². The van der Waals surface area contributed by atoms with Crippen molar-refractivity contribution in [2.75, 3.05) is 11.9 Å². The highest BCUT2D eigenvalue weighted by molar-refractivity contribution is 6.31. The van der Waals surface area contributed by atoms with Crippen LogP contribution in [0, 0.1) is 11.3 Å². The molecule has 206 valence electrons. The molecule has 1 spiro atoms. The Labute approximate surface area is 225 Å². The second-order valence-electron chi connectivity index (χ2n) is 10.1. The maximum atomic E-state index is 14.8. The smallest absolute Gasteiger partial charge is 0.406 e. The quantitative estimate of drug-likeness (QED) is 0.501. The van der Waals surface area contributed by atoms with E-state index in [4.69, 9.17) is 11.6 Å². The van der Waals surface area contributed by atoms with Crippen molar-refractivity contribution in [1.82, 2.24) is 10.2 Å². The summed E-state index contributed by atoms with van der Waals surface area (Å²) >= 11 is 6.14. The van der Waals surface area contributed by atoms with Gasteiger partial charge < -0.3 is 20.3 Å².